The van der Waals surface area contributed by atoms with Crippen molar-refractivity contribution in [3.8, 4) is 0 Å². The minimum Gasteiger partial charge on any atom is -0.466 e. The van der Waals surface area contributed by atoms with Gasteiger partial charge >= 0.3 is 11.9 Å². The molecule has 0 aliphatic carbocycles. The van der Waals surface area contributed by atoms with Crippen molar-refractivity contribution >= 4 is 11.9 Å². The number of hydrogen-bond donors (Lipinski definition) is 0. The van der Waals surface area contributed by atoms with Crippen LogP contribution in [-0.2, 0) is 30.4 Å². The lowest BCUT2D eigenvalue weighted by Crippen LogP contribution is -2.39. The van der Waals surface area contributed by atoms with Gasteiger partial charge in [0.25, 0.3) is 0 Å². The smallest absolute Gasteiger partial charge is 0.347 e. The van der Waals surface area contributed by atoms with E-state index in [9.17, 15) is 9.59 Å². The molecule has 2 rings (SSSR count). The number of rotatable bonds is 4. The summed E-state index contributed by atoms with van der Waals surface area (Å²) in [4.78, 5) is 22.8. The van der Waals surface area contributed by atoms with Crippen LogP contribution in [0.3, 0.4) is 0 Å². The van der Waals surface area contributed by atoms with Gasteiger partial charge in [0, 0.05) is 6.42 Å². The van der Waals surface area contributed by atoms with Crippen molar-refractivity contribution in [2.24, 2.45) is 0 Å². The Bertz CT molecular complexity index is 442. The number of ether oxygens (including phenoxy) is 3. The van der Waals surface area contributed by atoms with Crippen LogP contribution in [0.4, 0.5) is 0 Å². The zero-order valence-electron chi connectivity index (χ0n) is 10.7. The summed E-state index contributed by atoms with van der Waals surface area (Å²) in [6.45, 7) is 0.409. The van der Waals surface area contributed by atoms with Crippen LogP contribution in [0, 0.1) is 0 Å². The van der Waals surface area contributed by atoms with Crippen LogP contribution in [0.2, 0.25) is 0 Å². The third-order valence-electron chi connectivity index (χ3n) is 2.94. The van der Waals surface area contributed by atoms with E-state index in [0.717, 1.165) is 5.56 Å². The van der Waals surface area contributed by atoms with E-state index in [-0.39, 0.29) is 12.5 Å². The molecule has 1 heterocycles. The molecule has 19 heavy (non-hydrogen) atoms. The van der Waals surface area contributed by atoms with E-state index in [1.54, 1.807) is 0 Å². The topological polar surface area (TPSA) is 61.8 Å². The third kappa shape index (κ3) is 3.79. The van der Waals surface area contributed by atoms with Crippen LogP contribution in [0.5, 0.6) is 0 Å². The second-order valence-corrected chi connectivity index (χ2v) is 4.36. The van der Waals surface area contributed by atoms with E-state index >= 15 is 0 Å². The molecule has 1 aromatic carbocycles. The minimum atomic E-state index is -0.855. The van der Waals surface area contributed by atoms with E-state index in [4.69, 9.17) is 9.47 Å². The van der Waals surface area contributed by atoms with Crippen molar-refractivity contribution in [1.82, 2.24) is 0 Å². The summed E-state index contributed by atoms with van der Waals surface area (Å²) >= 11 is 0. The third-order valence-corrected chi connectivity index (χ3v) is 2.94. The quantitative estimate of drug-likeness (QED) is 0.770. The molecule has 0 amide bonds. The Balaban J connectivity index is 1.89. The maximum atomic E-state index is 11.4. The molecular formula is C14H16O5. The first-order chi connectivity index (χ1) is 9.19. The molecule has 1 aliphatic heterocycles. The number of methoxy groups -OCH3 is 1. The Morgan fingerprint density at radius 1 is 1.37 bits per heavy atom. The van der Waals surface area contributed by atoms with Crippen LogP contribution >= 0.6 is 0 Å². The number of esters is 2. The normalized spacial score (nSPS) is 22.7. The average molecular weight is 264 g/mol. The molecule has 0 aromatic heterocycles. The van der Waals surface area contributed by atoms with E-state index in [1.807, 2.05) is 30.3 Å². The molecule has 0 unspecified atom stereocenters. The molecular weight excluding hydrogens is 248 g/mol. The lowest BCUT2D eigenvalue weighted by molar-refractivity contribution is -0.178. The van der Waals surface area contributed by atoms with Gasteiger partial charge in [-0.25, -0.2) is 4.79 Å². The van der Waals surface area contributed by atoms with Crippen molar-refractivity contribution in [3.63, 3.8) is 0 Å². The van der Waals surface area contributed by atoms with Gasteiger partial charge in [0.05, 0.1) is 26.2 Å². The largest absolute Gasteiger partial charge is 0.466 e. The standard InChI is InChI=1S/C14H16O5/c1-17-14(16)12-7-11(8-13(15)19-12)18-9-10-5-3-2-4-6-10/h2-6,11-12H,7-9H2,1H3/t11-,12-/m1/s1. The van der Waals surface area contributed by atoms with Gasteiger partial charge in [-0.3, -0.25) is 4.79 Å². The van der Waals surface area contributed by atoms with E-state index in [0.29, 0.717) is 13.0 Å². The molecule has 5 heteroatoms. The maximum Gasteiger partial charge on any atom is 0.347 e. The molecule has 0 radical (unpaired) electrons. The fraction of sp³-hybridized carbons (Fsp3) is 0.429. The van der Waals surface area contributed by atoms with E-state index < -0.39 is 18.0 Å². The SMILES string of the molecule is COC(=O)[C@H]1C[C@@H](OCc2ccccc2)CC(=O)O1. The second-order valence-electron chi connectivity index (χ2n) is 4.36. The predicted molar refractivity (Wildman–Crippen MR) is 66.1 cm³/mol. The molecule has 0 N–H and O–H groups in total. The van der Waals surface area contributed by atoms with Crippen LogP contribution in [0.25, 0.3) is 0 Å². The first-order valence-corrected chi connectivity index (χ1v) is 6.12. The molecule has 5 nitrogen and oxygen atoms in total. The molecule has 0 spiro atoms. The first kappa shape index (κ1) is 13.5. The summed E-state index contributed by atoms with van der Waals surface area (Å²) in [6.07, 6.45) is -0.663. The van der Waals surface area contributed by atoms with Crippen LogP contribution < -0.4 is 0 Å². The lowest BCUT2D eigenvalue weighted by Gasteiger charge is -2.27. The number of cyclic esters (lactones) is 1. The number of carbonyl (C=O) groups excluding carboxylic acids is 2. The van der Waals surface area contributed by atoms with Crippen molar-refractivity contribution in [1.29, 1.82) is 0 Å². The number of benzene rings is 1. The Hall–Kier alpha value is -1.88. The number of hydrogen-bond acceptors (Lipinski definition) is 5. The van der Waals surface area contributed by atoms with Gasteiger partial charge in [0.1, 0.15) is 0 Å². The summed E-state index contributed by atoms with van der Waals surface area (Å²) in [6, 6.07) is 9.66. The molecule has 2 atom stereocenters. The number of carbonyl (C=O) groups is 2. The fourth-order valence-electron chi connectivity index (χ4n) is 1.95. The van der Waals surface area contributed by atoms with Gasteiger partial charge in [-0.15, -0.1) is 0 Å². The van der Waals surface area contributed by atoms with Gasteiger partial charge in [-0.1, -0.05) is 30.3 Å². The van der Waals surface area contributed by atoms with Crippen molar-refractivity contribution in [3.05, 3.63) is 35.9 Å². The summed E-state index contributed by atoms with van der Waals surface area (Å²) in [5.41, 5.74) is 1.02. The zero-order valence-corrected chi connectivity index (χ0v) is 10.7. The molecule has 1 aromatic rings. The highest BCUT2D eigenvalue weighted by molar-refractivity contribution is 5.80. The van der Waals surface area contributed by atoms with Crippen LogP contribution in [0.1, 0.15) is 18.4 Å². The van der Waals surface area contributed by atoms with Gasteiger partial charge < -0.3 is 14.2 Å². The minimum absolute atomic E-state index is 0.167. The Morgan fingerprint density at radius 3 is 2.79 bits per heavy atom. The molecule has 1 saturated heterocycles. The molecule has 102 valence electrons. The van der Waals surface area contributed by atoms with Gasteiger partial charge in [-0.05, 0) is 5.56 Å². The van der Waals surface area contributed by atoms with E-state index in [1.165, 1.54) is 7.11 Å². The first-order valence-electron chi connectivity index (χ1n) is 6.12. The van der Waals surface area contributed by atoms with Gasteiger partial charge in [0.15, 0.2) is 0 Å². The molecule has 0 bridgehead atoms. The summed E-state index contributed by atoms with van der Waals surface area (Å²) in [7, 11) is 1.27. The molecule has 1 aliphatic rings. The highest BCUT2D eigenvalue weighted by atomic mass is 16.6. The highest BCUT2D eigenvalue weighted by Gasteiger charge is 2.34. The van der Waals surface area contributed by atoms with Crippen LogP contribution in [0.15, 0.2) is 30.3 Å². The monoisotopic (exact) mass is 264 g/mol. The zero-order chi connectivity index (χ0) is 13.7. The van der Waals surface area contributed by atoms with Gasteiger partial charge in [-0.2, -0.15) is 0 Å². The Labute approximate surface area is 111 Å². The maximum absolute atomic E-state index is 11.4. The molecule has 1 fully saturated rings. The lowest BCUT2D eigenvalue weighted by atomic mass is 10.1. The highest BCUT2D eigenvalue weighted by Crippen LogP contribution is 2.20. The predicted octanol–water partition coefficient (Wildman–Crippen LogP) is 1.45. The average Bonchev–Trinajstić information content (AvgIpc) is 2.45. The van der Waals surface area contributed by atoms with Crippen molar-refractivity contribution in [2.45, 2.75) is 31.7 Å². The summed E-state index contributed by atoms with van der Waals surface area (Å²) in [5, 5.41) is 0. The van der Waals surface area contributed by atoms with Crippen LogP contribution in [-0.4, -0.2) is 31.3 Å². The Kier molecular flexibility index (Phi) is 4.52. The van der Waals surface area contributed by atoms with Gasteiger partial charge in [0.2, 0.25) is 6.10 Å². The van der Waals surface area contributed by atoms with Crippen molar-refractivity contribution < 1.29 is 23.8 Å². The summed E-state index contributed by atoms with van der Waals surface area (Å²) < 4.78 is 15.2. The Morgan fingerprint density at radius 2 is 2.11 bits per heavy atom. The summed E-state index contributed by atoms with van der Waals surface area (Å²) in [5.74, 6) is -0.971. The fourth-order valence-corrected chi connectivity index (χ4v) is 1.95. The second kappa shape index (κ2) is 6.33. The molecule has 0 saturated carbocycles. The van der Waals surface area contributed by atoms with Crippen molar-refractivity contribution in [2.75, 3.05) is 7.11 Å². The van der Waals surface area contributed by atoms with E-state index in [2.05, 4.69) is 4.74 Å².